The summed E-state index contributed by atoms with van der Waals surface area (Å²) in [6, 6.07) is 15.2. The van der Waals surface area contributed by atoms with Crippen LogP contribution >= 0.6 is 23.8 Å². The van der Waals surface area contributed by atoms with E-state index in [0.717, 1.165) is 29.2 Å². The molecule has 1 aliphatic carbocycles. The van der Waals surface area contributed by atoms with E-state index in [2.05, 4.69) is 29.8 Å². The maximum absolute atomic E-state index is 12.0. The molecule has 0 atom stereocenters. The number of rotatable bonds is 4. The van der Waals surface area contributed by atoms with Crippen molar-refractivity contribution in [2.24, 2.45) is 5.41 Å². The van der Waals surface area contributed by atoms with Gasteiger partial charge in [-0.2, -0.15) is 0 Å². The molecule has 0 unspecified atom stereocenters. The molecule has 0 saturated heterocycles. The predicted octanol–water partition coefficient (Wildman–Crippen LogP) is 5.83. The van der Waals surface area contributed by atoms with Gasteiger partial charge in [0, 0.05) is 28.9 Å². The third kappa shape index (κ3) is 5.55. The van der Waals surface area contributed by atoms with Crippen LogP contribution in [0.5, 0.6) is 0 Å². The molecule has 2 aromatic carbocycles. The van der Waals surface area contributed by atoms with E-state index in [9.17, 15) is 4.79 Å². The maximum Gasteiger partial charge on any atom is 0.175 e. The van der Waals surface area contributed by atoms with Gasteiger partial charge in [0.1, 0.15) is 0 Å². The van der Waals surface area contributed by atoms with E-state index in [1.807, 2.05) is 36.4 Å². The average molecular weight is 400 g/mol. The highest BCUT2D eigenvalue weighted by atomic mass is 35.5. The van der Waals surface area contributed by atoms with Crippen LogP contribution in [0.2, 0.25) is 5.02 Å². The predicted molar refractivity (Wildman–Crippen MR) is 117 cm³/mol. The fourth-order valence-electron chi connectivity index (χ4n) is 3.13. The van der Waals surface area contributed by atoms with Crippen molar-refractivity contribution in [2.75, 3.05) is 16.0 Å². The minimum absolute atomic E-state index is 0.0572. The van der Waals surface area contributed by atoms with Gasteiger partial charge in [-0.3, -0.25) is 4.79 Å². The van der Waals surface area contributed by atoms with Crippen molar-refractivity contribution in [3.05, 3.63) is 65.3 Å². The molecule has 0 radical (unpaired) electrons. The van der Waals surface area contributed by atoms with Gasteiger partial charge in [-0.1, -0.05) is 43.6 Å². The minimum Gasteiger partial charge on any atom is -0.357 e. The number of hydrogen-bond acceptors (Lipinski definition) is 3. The molecule has 0 fully saturated rings. The van der Waals surface area contributed by atoms with Crippen molar-refractivity contribution in [3.63, 3.8) is 0 Å². The molecule has 0 spiro atoms. The van der Waals surface area contributed by atoms with Gasteiger partial charge in [0.15, 0.2) is 10.9 Å². The van der Waals surface area contributed by atoms with Crippen molar-refractivity contribution in [1.82, 2.24) is 0 Å². The summed E-state index contributed by atoms with van der Waals surface area (Å²) in [6.07, 6.45) is 3.05. The van der Waals surface area contributed by atoms with E-state index in [-0.39, 0.29) is 11.2 Å². The van der Waals surface area contributed by atoms with Crippen molar-refractivity contribution in [1.29, 1.82) is 0 Å². The average Bonchev–Trinajstić information content (AvgIpc) is 2.56. The van der Waals surface area contributed by atoms with Crippen LogP contribution in [-0.2, 0) is 4.79 Å². The van der Waals surface area contributed by atoms with Gasteiger partial charge < -0.3 is 16.0 Å². The number of nitrogens with one attached hydrogen (secondary N) is 3. The molecule has 0 bridgehead atoms. The molecule has 0 heterocycles. The van der Waals surface area contributed by atoms with Gasteiger partial charge >= 0.3 is 0 Å². The molecule has 140 valence electrons. The summed E-state index contributed by atoms with van der Waals surface area (Å²) in [5.41, 5.74) is 3.29. The summed E-state index contributed by atoms with van der Waals surface area (Å²) in [4.78, 5) is 12.0. The molecule has 3 rings (SSSR count). The zero-order chi connectivity index (χ0) is 19.4. The van der Waals surface area contributed by atoms with Crippen LogP contribution in [0.1, 0.15) is 26.7 Å². The van der Waals surface area contributed by atoms with Crippen LogP contribution < -0.4 is 16.0 Å². The Bertz CT molecular complexity index is 894. The Hall–Kier alpha value is -2.37. The summed E-state index contributed by atoms with van der Waals surface area (Å²) in [7, 11) is 0. The molecule has 3 N–H and O–H groups in total. The zero-order valence-corrected chi connectivity index (χ0v) is 16.9. The highest BCUT2D eigenvalue weighted by molar-refractivity contribution is 7.80. The van der Waals surface area contributed by atoms with Crippen LogP contribution in [0.15, 0.2) is 60.3 Å². The largest absolute Gasteiger partial charge is 0.357 e. The van der Waals surface area contributed by atoms with E-state index in [4.69, 9.17) is 23.8 Å². The molecule has 0 saturated carbocycles. The first-order valence-corrected chi connectivity index (χ1v) is 9.52. The first-order valence-electron chi connectivity index (χ1n) is 8.74. The Kier molecular flexibility index (Phi) is 5.82. The number of thiocarbonyl (C=S) groups is 1. The SMILES string of the molecule is CC1(C)CC(=O)C=C(Nc2ccc(Cl)cc2NC(=S)Nc2ccccc2)C1. The molecule has 0 aliphatic heterocycles. The van der Waals surface area contributed by atoms with Crippen molar-refractivity contribution in [2.45, 2.75) is 26.7 Å². The lowest BCUT2D eigenvalue weighted by Gasteiger charge is -2.29. The third-order valence-corrected chi connectivity index (χ3v) is 4.65. The Morgan fingerprint density at radius 2 is 1.78 bits per heavy atom. The molecule has 4 nitrogen and oxygen atoms in total. The van der Waals surface area contributed by atoms with Crippen LogP contribution in [0.4, 0.5) is 17.1 Å². The van der Waals surface area contributed by atoms with Gasteiger partial charge in [0.2, 0.25) is 0 Å². The first-order chi connectivity index (χ1) is 12.8. The lowest BCUT2D eigenvalue weighted by Crippen LogP contribution is -2.25. The Morgan fingerprint density at radius 3 is 2.48 bits per heavy atom. The van der Waals surface area contributed by atoms with Gasteiger partial charge in [-0.25, -0.2) is 0 Å². The summed E-state index contributed by atoms with van der Waals surface area (Å²) < 4.78 is 0. The van der Waals surface area contributed by atoms with E-state index in [0.29, 0.717) is 16.6 Å². The van der Waals surface area contributed by atoms with E-state index in [1.54, 1.807) is 18.2 Å². The molecule has 2 aromatic rings. The lowest BCUT2D eigenvalue weighted by atomic mass is 9.79. The van der Waals surface area contributed by atoms with Crippen molar-refractivity contribution >= 4 is 51.8 Å². The molecule has 6 heteroatoms. The standard InChI is InChI=1S/C21H22ClN3OS/c1-21(2)12-16(11-17(26)13-21)23-18-9-8-14(22)10-19(18)25-20(27)24-15-6-4-3-5-7-15/h3-11,23H,12-13H2,1-2H3,(H2,24,25,27). The highest BCUT2D eigenvalue weighted by Gasteiger charge is 2.27. The molecule has 0 aromatic heterocycles. The number of benzene rings is 2. The van der Waals surface area contributed by atoms with Gasteiger partial charge in [0.05, 0.1) is 11.4 Å². The Balaban J connectivity index is 1.77. The molecular formula is C21H22ClN3OS. The second-order valence-corrected chi connectivity index (χ2v) is 8.26. The summed E-state index contributed by atoms with van der Waals surface area (Å²) in [6.45, 7) is 4.19. The summed E-state index contributed by atoms with van der Waals surface area (Å²) in [5.74, 6) is 0.137. The van der Waals surface area contributed by atoms with Crippen LogP contribution in [-0.4, -0.2) is 10.9 Å². The van der Waals surface area contributed by atoms with E-state index >= 15 is 0 Å². The number of halogens is 1. The van der Waals surface area contributed by atoms with Gasteiger partial charge in [-0.05, 0) is 54.4 Å². The molecule has 0 amide bonds. The second-order valence-electron chi connectivity index (χ2n) is 7.41. The topological polar surface area (TPSA) is 53.2 Å². The summed E-state index contributed by atoms with van der Waals surface area (Å²) >= 11 is 11.6. The fraction of sp³-hybridized carbons (Fsp3) is 0.238. The zero-order valence-electron chi connectivity index (χ0n) is 15.3. The smallest absolute Gasteiger partial charge is 0.175 e. The van der Waals surface area contributed by atoms with Crippen LogP contribution in [0.3, 0.4) is 0 Å². The number of ketones is 1. The van der Waals surface area contributed by atoms with Crippen LogP contribution in [0.25, 0.3) is 0 Å². The summed E-state index contributed by atoms with van der Waals surface area (Å²) in [5, 5.41) is 10.7. The first kappa shape index (κ1) is 19.4. The third-order valence-electron chi connectivity index (χ3n) is 4.21. The molecular weight excluding hydrogens is 378 g/mol. The molecule has 27 heavy (non-hydrogen) atoms. The fourth-order valence-corrected chi connectivity index (χ4v) is 3.53. The van der Waals surface area contributed by atoms with Crippen molar-refractivity contribution < 1.29 is 4.79 Å². The van der Waals surface area contributed by atoms with Crippen LogP contribution in [0, 0.1) is 5.41 Å². The Labute approximate surface area is 170 Å². The van der Waals surface area contributed by atoms with Crippen molar-refractivity contribution in [3.8, 4) is 0 Å². The minimum atomic E-state index is -0.0572. The number of para-hydroxylation sites is 1. The van der Waals surface area contributed by atoms with E-state index < -0.39 is 0 Å². The Morgan fingerprint density at radius 1 is 1.04 bits per heavy atom. The second kappa shape index (κ2) is 8.11. The normalized spacial score (nSPS) is 15.7. The lowest BCUT2D eigenvalue weighted by molar-refractivity contribution is -0.117. The quantitative estimate of drug-likeness (QED) is 0.564. The monoisotopic (exact) mass is 399 g/mol. The van der Waals surface area contributed by atoms with Gasteiger partial charge in [0.25, 0.3) is 0 Å². The number of carbonyl (C=O) groups excluding carboxylic acids is 1. The van der Waals surface area contributed by atoms with E-state index in [1.165, 1.54) is 0 Å². The highest BCUT2D eigenvalue weighted by Crippen LogP contribution is 2.35. The number of hydrogen-bond donors (Lipinski definition) is 3. The maximum atomic E-state index is 12.0. The number of anilines is 3. The van der Waals surface area contributed by atoms with Gasteiger partial charge in [-0.15, -0.1) is 0 Å². The molecule has 1 aliphatic rings. The number of carbonyl (C=O) groups is 1. The number of allylic oxidation sites excluding steroid dienone is 2.